The van der Waals surface area contributed by atoms with Crippen LogP contribution in [0.3, 0.4) is 0 Å². The lowest BCUT2D eigenvalue weighted by molar-refractivity contribution is 0.0940. The average Bonchev–Trinajstić information content (AvgIpc) is 3.29. The number of halogens is 1. The lowest BCUT2D eigenvalue weighted by atomic mass is 10.2. The standard InChI is InChI=1S/C18H23FN4O2S/c19-14-4-6-17(7-5-14)26-10-2-8-20-18(24)22-15-11-21-23(12-15)13-16-3-1-9-25-16/h4-7,11-12,16H,1-3,8-10,13H2,(H2,20,22,24). The van der Waals surface area contributed by atoms with Crippen molar-refractivity contribution in [2.45, 2.75) is 36.8 Å². The van der Waals surface area contributed by atoms with Crippen molar-refractivity contribution in [2.75, 3.05) is 24.2 Å². The summed E-state index contributed by atoms with van der Waals surface area (Å²) < 4.78 is 20.2. The van der Waals surface area contributed by atoms with Gasteiger partial charge < -0.3 is 15.4 Å². The number of nitrogens with zero attached hydrogens (tertiary/aromatic N) is 2. The van der Waals surface area contributed by atoms with Gasteiger partial charge in [0.25, 0.3) is 0 Å². The minimum absolute atomic E-state index is 0.218. The van der Waals surface area contributed by atoms with Crippen molar-refractivity contribution in [3.05, 3.63) is 42.5 Å². The molecule has 2 N–H and O–H groups in total. The molecule has 2 amide bonds. The zero-order valence-corrected chi connectivity index (χ0v) is 15.3. The fourth-order valence-electron chi connectivity index (χ4n) is 2.70. The highest BCUT2D eigenvalue weighted by molar-refractivity contribution is 7.99. The Kier molecular flexibility index (Phi) is 6.90. The molecule has 0 bridgehead atoms. The molecule has 1 aromatic carbocycles. The second kappa shape index (κ2) is 9.59. The zero-order valence-electron chi connectivity index (χ0n) is 14.5. The first-order valence-corrected chi connectivity index (χ1v) is 9.75. The number of benzene rings is 1. The lowest BCUT2D eigenvalue weighted by Gasteiger charge is -2.08. The fourth-order valence-corrected chi connectivity index (χ4v) is 3.55. The molecule has 0 radical (unpaired) electrons. The van der Waals surface area contributed by atoms with E-state index in [1.807, 2.05) is 6.20 Å². The van der Waals surface area contributed by atoms with Crippen molar-refractivity contribution in [3.63, 3.8) is 0 Å². The topological polar surface area (TPSA) is 68.2 Å². The number of anilines is 1. The fraction of sp³-hybridized carbons (Fsp3) is 0.444. The van der Waals surface area contributed by atoms with E-state index in [9.17, 15) is 9.18 Å². The van der Waals surface area contributed by atoms with Crippen LogP contribution >= 0.6 is 11.8 Å². The summed E-state index contributed by atoms with van der Waals surface area (Å²) in [5, 5.41) is 9.85. The van der Waals surface area contributed by atoms with Gasteiger partial charge in [0.05, 0.1) is 24.5 Å². The van der Waals surface area contributed by atoms with E-state index < -0.39 is 0 Å². The molecule has 2 heterocycles. The van der Waals surface area contributed by atoms with E-state index in [1.54, 1.807) is 34.8 Å². The number of carbonyl (C=O) groups is 1. The van der Waals surface area contributed by atoms with E-state index in [0.717, 1.165) is 36.5 Å². The van der Waals surface area contributed by atoms with Crippen LogP contribution in [0.25, 0.3) is 0 Å². The highest BCUT2D eigenvalue weighted by Crippen LogP contribution is 2.18. The molecule has 1 aliphatic rings. The average molecular weight is 378 g/mol. The summed E-state index contributed by atoms with van der Waals surface area (Å²) in [6.45, 7) is 2.10. The monoisotopic (exact) mass is 378 g/mol. The molecule has 1 aromatic heterocycles. The number of thioether (sulfide) groups is 1. The third-order valence-corrected chi connectivity index (χ3v) is 5.09. The largest absolute Gasteiger partial charge is 0.376 e. The van der Waals surface area contributed by atoms with Gasteiger partial charge in [-0.1, -0.05) is 0 Å². The minimum atomic E-state index is -0.242. The number of rotatable bonds is 8. The molecule has 1 atom stereocenters. The summed E-state index contributed by atoms with van der Waals surface area (Å²) >= 11 is 1.64. The number of amides is 2. The molecular weight excluding hydrogens is 355 g/mol. The Morgan fingerprint density at radius 2 is 2.23 bits per heavy atom. The summed E-state index contributed by atoms with van der Waals surface area (Å²) in [6.07, 6.45) is 6.64. The second-order valence-electron chi connectivity index (χ2n) is 6.12. The number of nitrogens with one attached hydrogen (secondary N) is 2. The first kappa shape index (κ1) is 18.7. The second-order valence-corrected chi connectivity index (χ2v) is 7.29. The van der Waals surface area contributed by atoms with Gasteiger partial charge in [0.15, 0.2) is 0 Å². The van der Waals surface area contributed by atoms with E-state index in [0.29, 0.717) is 18.8 Å². The molecule has 1 aliphatic heterocycles. The van der Waals surface area contributed by atoms with Crippen molar-refractivity contribution >= 4 is 23.5 Å². The van der Waals surface area contributed by atoms with Crippen LogP contribution in [0.5, 0.6) is 0 Å². The highest BCUT2D eigenvalue weighted by Gasteiger charge is 2.16. The maximum Gasteiger partial charge on any atom is 0.319 e. The predicted molar refractivity (Wildman–Crippen MR) is 100.0 cm³/mol. The molecule has 8 heteroatoms. The van der Waals surface area contributed by atoms with Crippen molar-refractivity contribution in [2.24, 2.45) is 0 Å². The van der Waals surface area contributed by atoms with Gasteiger partial charge in [-0.2, -0.15) is 5.10 Å². The summed E-state index contributed by atoms with van der Waals surface area (Å²) in [4.78, 5) is 12.9. The molecular formula is C18H23FN4O2S. The van der Waals surface area contributed by atoms with Gasteiger partial charge in [-0.3, -0.25) is 4.68 Å². The van der Waals surface area contributed by atoms with Crippen molar-refractivity contribution in [1.29, 1.82) is 0 Å². The van der Waals surface area contributed by atoms with E-state index in [-0.39, 0.29) is 18.0 Å². The maximum absolute atomic E-state index is 12.8. The molecule has 140 valence electrons. The Balaban J connectivity index is 1.30. The summed E-state index contributed by atoms with van der Waals surface area (Å²) in [6, 6.07) is 6.18. The Hall–Kier alpha value is -2.06. The number of carbonyl (C=O) groups excluding carboxylic acids is 1. The van der Waals surface area contributed by atoms with Crippen LogP contribution in [0.1, 0.15) is 19.3 Å². The van der Waals surface area contributed by atoms with Crippen molar-refractivity contribution < 1.29 is 13.9 Å². The number of hydrogen-bond acceptors (Lipinski definition) is 4. The van der Waals surface area contributed by atoms with E-state index in [2.05, 4.69) is 15.7 Å². The summed E-state index contributed by atoms with van der Waals surface area (Å²) in [5.41, 5.74) is 0.668. The van der Waals surface area contributed by atoms with Crippen LogP contribution in [0.2, 0.25) is 0 Å². The van der Waals surface area contributed by atoms with Gasteiger partial charge in [0, 0.05) is 24.2 Å². The molecule has 0 aliphatic carbocycles. The Bertz CT molecular complexity index is 701. The molecule has 2 aromatic rings. The zero-order chi connectivity index (χ0) is 18.2. The van der Waals surface area contributed by atoms with Crippen LogP contribution in [0.15, 0.2) is 41.6 Å². The first-order valence-electron chi connectivity index (χ1n) is 8.76. The Morgan fingerprint density at radius 3 is 3.00 bits per heavy atom. The smallest absolute Gasteiger partial charge is 0.319 e. The van der Waals surface area contributed by atoms with E-state index >= 15 is 0 Å². The highest BCUT2D eigenvalue weighted by atomic mass is 32.2. The molecule has 0 saturated carbocycles. The molecule has 1 unspecified atom stereocenters. The van der Waals surface area contributed by atoms with Gasteiger partial charge in [0.2, 0.25) is 0 Å². The predicted octanol–water partition coefficient (Wildman–Crippen LogP) is 3.51. The van der Waals surface area contributed by atoms with Crippen molar-refractivity contribution in [1.82, 2.24) is 15.1 Å². The van der Waals surface area contributed by atoms with E-state index in [1.165, 1.54) is 12.1 Å². The van der Waals surface area contributed by atoms with Crippen LogP contribution < -0.4 is 10.6 Å². The molecule has 3 rings (SSSR count). The van der Waals surface area contributed by atoms with Crippen LogP contribution in [-0.2, 0) is 11.3 Å². The van der Waals surface area contributed by atoms with Gasteiger partial charge in [-0.15, -0.1) is 11.8 Å². The Labute approximate surface area is 156 Å². The lowest BCUT2D eigenvalue weighted by Crippen LogP contribution is -2.29. The van der Waals surface area contributed by atoms with Gasteiger partial charge >= 0.3 is 6.03 Å². The number of urea groups is 1. The maximum atomic E-state index is 12.8. The molecule has 26 heavy (non-hydrogen) atoms. The van der Waals surface area contributed by atoms with Gasteiger partial charge in [0.1, 0.15) is 5.82 Å². The number of ether oxygens (including phenoxy) is 1. The third-order valence-electron chi connectivity index (χ3n) is 3.99. The SMILES string of the molecule is O=C(NCCCSc1ccc(F)cc1)Nc1cnn(CC2CCCO2)c1. The molecule has 1 fully saturated rings. The molecule has 1 saturated heterocycles. The summed E-state index contributed by atoms with van der Waals surface area (Å²) in [5.74, 6) is 0.623. The third kappa shape index (κ3) is 6.03. The number of hydrogen-bond donors (Lipinski definition) is 2. The van der Waals surface area contributed by atoms with Crippen LogP contribution in [0.4, 0.5) is 14.9 Å². The normalized spacial score (nSPS) is 16.6. The van der Waals surface area contributed by atoms with Crippen molar-refractivity contribution in [3.8, 4) is 0 Å². The minimum Gasteiger partial charge on any atom is -0.376 e. The quantitative estimate of drug-likeness (QED) is 0.545. The number of aromatic nitrogens is 2. The van der Waals surface area contributed by atoms with Gasteiger partial charge in [-0.25, -0.2) is 9.18 Å². The molecule has 0 spiro atoms. The Morgan fingerprint density at radius 1 is 1.38 bits per heavy atom. The first-order chi connectivity index (χ1) is 12.7. The summed E-state index contributed by atoms with van der Waals surface area (Å²) in [7, 11) is 0. The van der Waals surface area contributed by atoms with Crippen LogP contribution in [-0.4, -0.2) is 40.8 Å². The van der Waals surface area contributed by atoms with Gasteiger partial charge in [-0.05, 0) is 49.3 Å². The van der Waals surface area contributed by atoms with Crippen LogP contribution in [0, 0.1) is 5.82 Å². The molecule has 6 nitrogen and oxygen atoms in total. The van der Waals surface area contributed by atoms with E-state index in [4.69, 9.17) is 4.74 Å².